The van der Waals surface area contributed by atoms with Gasteiger partial charge in [-0.15, -0.1) is 0 Å². The summed E-state index contributed by atoms with van der Waals surface area (Å²) in [5, 5.41) is 3.52. The van der Waals surface area contributed by atoms with Crippen molar-refractivity contribution in [3.8, 4) is 11.5 Å². The van der Waals surface area contributed by atoms with Crippen LogP contribution in [0.3, 0.4) is 0 Å². The van der Waals surface area contributed by atoms with E-state index in [4.69, 9.17) is 32.7 Å². The first-order valence-corrected chi connectivity index (χ1v) is 6.86. The standard InChI is InChI=1S/C15H13Cl2NO3/c1-20-13-4-2-3-5-14(13)21-9-15(19)18-12-7-6-10(16)8-11(12)17/h2-8H,9H2,1H3,(H,18,19). The van der Waals surface area contributed by atoms with Gasteiger partial charge in [-0.3, -0.25) is 4.79 Å². The third kappa shape index (κ3) is 4.28. The van der Waals surface area contributed by atoms with Crippen LogP contribution in [0.15, 0.2) is 42.5 Å². The molecule has 6 heteroatoms. The van der Waals surface area contributed by atoms with Crippen LogP contribution in [0, 0.1) is 0 Å². The summed E-state index contributed by atoms with van der Waals surface area (Å²) in [4.78, 5) is 11.9. The minimum absolute atomic E-state index is 0.153. The molecular formula is C15H13Cl2NO3. The fourth-order valence-electron chi connectivity index (χ4n) is 1.66. The molecule has 0 spiro atoms. The fourth-order valence-corrected chi connectivity index (χ4v) is 2.11. The maximum absolute atomic E-state index is 11.9. The van der Waals surface area contributed by atoms with Crippen molar-refractivity contribution in [1.29, 1.82) is 0 Å². The number of ether oxygens (including phenoxy) is 2. The lowest BCUT2D eigenvalue weighted by molar-refractivity contribution is -0.118. The number of hydrogen-bond donors (Lipinski definition) is 1. The molecular weight excluding hydrogens is 313 g/mol. The Bertz CT molecular complexity index is 647. The van der Waals surface area contributed by atoms with Crippen molar-refractivity contribution in [3.05, 3.63) is 52.5 Å². The molecule has 4 nitrogen and oxygen atoms in total. The lowest BCUT2D eigenvalue weighted by Crippen LogP contribution is -2.20. The van der Waals surface area contributed by atoms with Crippen molar-refractivity contribution in [3.63, 3.8) is 0 Å². The van der Waals surface area contributed by atoms with Crippen LogP contribution in [-0.4, -0.2) is 19.6 Å². The van der Waals surface area contributed by atoms with E-state index in [0.717, 1.165) is 0 Å². The Labute approximate surface area is 132 Å². The Morgan fingerprint density at radius 1 is 1.14 bits per heavy atom. The molecule has 1 amide bonds. The fraction of sp³-hybridized carbons (Fsp3) is 0.133. The van der Waals surface area contributed by atoms with E-state index >= 15 is 0 Å². The van der Waals surface area contributed by atoms with Crippen LogP contribution in [0.5, 0.6) is 11.5 Å². The highest BCUT2D eigenvalue weighted by atomic mass is 35.5. The van der Waals surface area contributed by atoms with Gasteiger partial charge in [0.1, 0.15) is 0 Å². The number of anilines is 1. The zero-order valence-corrected chi connectivity index (χ0v) is 12.7. The van der Waals surface area contributed by atoms with Gasteiger partial charge in [0.05, 0.1) is 17.8 Å². The second-order valence-electron chi connectivity index (χ2n) is 4.11. The van der Waals surface area contributed by atoms with Crippen molar-refractivity contribution in [2.75, 3.05) is 19.0 Å². The molecule has 0 aromatic heterocycles. The molecule has 0 atom stereocenters. The molecule has 2 rings (SSSR count). The molecule has 0 radical (unpaired) electrons. The lowest BCUT2D eigenvalue weighted by Gasteiger charge is -2.11. The van der Waals surface area contributed by atoms with Crippen molar-refractivity contribution in [2.24, 2.45) is 0 Å². The van der Waals surface area contributed by atoms with Crippen molar-refractivity contribution >= 4 is 34.8 Å². The quantitative estimate of drug-likeness (QED) is 0.903. The predicted octanol–water partition coefficient (Wildman–Crippen LogP) is 4.02. The van der Waals surface area contributed by atoms with E-state index in [1.165, 1.54) is 7.11 Å². The first kappa shape index (κ1) is 15.5. The van der Waals surface area contributed by atoms with E-state index in [1.54, 1.807) is 36.4 Å². The Morgan fingerprint density at radius 2 is 1.86 bits per heavy atom. The molecule has 0 aliphatic heterocycles. The zero-order valence-electron chi connectivity index (χ0n) is 11.2. The van der Waals surface area contributed by atoms with Gasteiger partial charge in [-0.1, -0.05) is 35.3 Å². The smallest absolute Gasteiger partial charge is 0.262 e. The molecule has 2 aromatic carbocycles. The van der Waals surface area contributed by atoms with Gasteiger partial charge in [-0.2, -0.15) is 0 Å². The average Bonchev–Trinajstić information content (AvgIpc) is 2.48. The van der Waals surface area contributed by atoms with E-state index in [9.17, 15) is 4.79 Å². The summed E-state index contributed by atoms with van der Waals surface area (Å²) in [5.74, 6) is 0.734. The van der Waals surface area contributed by atoms with Gasteiger partial charge in [0.2, 0.25) is 0 Å². The summed E-state index contributed by atoms with van der Waals surface area (Å²) >= 11 is 11.8. The maximum Gasteiger partial charge on any atom is 0.262 e. The first-order chi connectivity index (χ1) is 10.1. The molecule has 0 bridgehead atoms. The van der Waals surface area contributed by atoms with Crippen LogP contribution in [0.4, 0.5) is 5.69 Å². The molecule has 0 aliphatic rings. The Hall–Kier alpha value is -1.91. The molecule has 0 aliphatic carbocycles. The third-order valence-electron chi connectivity index (χ3n) is 2.63. The largest absolute Gasteiger partial charge is 0.493 e. The second kappa shape index (κ2) is 7.20. The van der Waals surface area contributed by atoms with E-state index in [0.29, 0.717) is 27.2 Å². The van der Waals surface area contributed by atoms with Crippen molar-refractivity contribution in [2.45, 2.75) is 0 Å². The van der Waals surface area contributed by atoms with E-state index in [-0.39, 0.29) is 12.5 Å². The van der Waals surface area contributed by atoms with Crippen LogP contribution >= 0.6 is 23.2 Å². The van der Waals surface area contributed by atoms with Crippen LogP contribution in [0.2, 0.25) is 10.0 Å². The summed E-state index contributed by atoms with van der Waals surface area (Å²) in [6, 6.07) is 11.9. The number of benzene rings is 2. The zero-order chi connectivity index (χ0) is 15.2. The van der Waals surface area contributed by atoms with Crippen LogP contribution in [-0.2, 0) is 4.79 Å². The van der Waals surface area contributed by atoms with Gasteiger partial charge in [0.25, 0.3) is 5.91 Å². The Balaban J connectivity index is 1.96. The van der Waals surface area contributed by atoms with Crippen molar-refractivity contribution < 1.29 is 14.3 Å². The van der Waals surface area contributed by atoms with E-state index < -0.39 is 0 Å². The van der Waals surface area contributed by atoms with Gasteiger partial charge in [0, 0.05) is 5.02 Å². The molecule has 2 aromatic rings. The van der Waals surface area contributed by atoms with E-state index in [2.05, 4.69) is 5.32 Å². The number of carbonyl (C=O) groups is 1. The predicted molar refractivity (Wildman–Crippen MR) is 83.6 cm³/mol. The molecule has 0 heterocycles. The topological polar surface area (TPSA) is 47.6 Å². The van der Waals surface area contributed by atoms with Gasteiger partial charge in [0.15, 0.2) is 18.1 Å². The average molecular weight is 326 g/mol. The number of nitrogens with one attached hydrogen (secondary N) is 1. The number of halogens is 2. The maximum atomic E-state index is 11.9. The molecule has 0 saturated carbocycles. The molecule has 110 valence electrons. The van der Waals surface area contributed by atoms with Gasteiger partial charge in [-0.05, 0) is 30.3 Å². The number of amides is 1. The van der Waals surface area contributed by atoms with Crippen LogP contribution < -0.4 is 14.8 Å². The molecule has 0 fully saturated rings. The number of carbonyl (C=O) groups excluding carboxylic acids is 1. The highest BCUT2D eigenvalue weighted by Crippen LogP contribution is 2.27. The number of hydrogen-bond acceptors (Lipinski definition) is 3. The number of rotatable bonds is 5. The van der Waals surface area contributed by atoms with E-state index in [1.807, 2.05) is 6.07 Å². The monoisotopic (exact) mass is 325 g/mol. The summed E-state index contributed by atoms with van der Waals surface area (Å²) in [6.07, 6.45) is 0. The molecule has 0 saturated heterocycles. The highest BCUT2D eigenvalue weighted by Gasteiger charge is 2.09. The normalized spacial score (nSPS) is 10.0. The van der Waals surface area contributed by atoms with Crippen LogP contribution in [0.25, 0.3) is 0 Å². The second-order valence-corrected chi connectivity index (χ2v) is 4.96. The van der Waals surface area contributed by atoms with Crippen molar-refractivity contribution in [1.82, 2.24) is 0 Å². The molecule has 1 N–H and O–H groups in total. The highest BCUT2D eigenvalue weighted by molar-refractivity contribution is 6.36. The van der Waals surface area contributed by atoms with Crippen LogP contribution in [0.1, 0.15) is 0 Å². The van der Waals surface area contributed by atoms with Gasteiger partial charge in [-0.25, -0.2) is 0 Å². The minimum atomic E-state index is -0.329. The first-order valence-electron chi connectivity index (χ1n) is 6.11. The Morgan fingerprint density at radius 3 is 2.52 bits per heavy atom. The summed E-state index contributed by atoms with van der Waals surface area (Å²) < 4.78 is 10.6. The summed E-state index contributed by atoms with van der Waals surface area (Å²) in [6.45, 7) is -0.153. The lowest BCUT2D eigenvalue weighted by atomic mass is 10.3. The molecule has 21 heavy (non-hydrogen) atoms. The summed E-state index contributed by atoms with van der Waals surface area (Å²) in [5.41, 5.74) is 0.481. The summed E-state index contributed by atoms with van der Waals surface area (Å²) in [7, 11) is 1.54. The number of methoxy groups -OCH3 is 1. The third-order valence-corrected chi connectivity index (χ3v) is 3.18. The molecule has 0 unspecified atom stereocenters. The minimum Gasteiger partial charge on any atom is -0.493 e. The SMILES string of the molecule is COc1ccccc1OCC(=O)Nc1ccc(Cl)cc1Cl. The number of para-hydroxylation sites is 2. The Kier molecular flexibility index (Phi) is 5.31. The van der Waals surface area contributed by atoms with Gasteiger partial charge >= 0.3 is 0 Å². The van der Waals surface area contributed by atoms with Gasteiger partial charge < -0.3 is 14.8 Å².